The highest BCUT2D eigenvalue weighted by atomic mass is 16.5. The Morgan fingerprint density at radius 3 is 2.90 bits per heavy atom. The molecule has 0 aliphatic carbocycles. The number of nitrogens with zero attached hydrogens (tertiary/aromatic N) is 1. The minimum Gasteiger partial charge on any atom is -0.490 e. The maximum Gasteiger partial charge on any atom is 0.268 e. The Morgan fingerprint density at radius 1 is 1.52 bits per heavy atom. The zero-order valence-electron chi connectivity index (χ0n) is 12.5. The van der Waals surface area contributed by atoms with Crippen LogP contribution < -0.4 is 14.4 Å². The van der Waals surface area contributed by atoms with Crippen LogP contribution in [0.2, 0.25) is 0 Å². The third-order valence-corrected chi connectivity index (χ3v) is 3.25. The van der Waals surface area contributed by atoms with Crippen molar-refractivity contribution < 1.29 is 19.4 Å². The predicted octanol–water partition coefficient (Wildman–Crippen LogP) is 2.27. The molecule has 0 saturated carbocycles. The van der Waals surface area contributed by atoms with Gasteiger partial charge in [0.15, 0.2) is 17.6 Å². The minimum atomic E-state index is -0.568. The summed E-state index contributed by atoms with van der Waals surface area (Å²) >= 11 is 0. The van der Waals surface area contributed by atoms with Crippen molar-refractivity contribution >= 4 is 11.6 Å². The molecule has 5 nitrogen and oxygen atoms in total. The van der Waals surface area contributed by atoms with Crippen molar-refractivity contribution in [2.75, 3.05) is 18.1 Å². The average Bonchev–Trinajstić information content (AvgIpc) is 2.49. The molecule has 1 aliphatic rings. The van der Waals surface area contributed by atoms with Gasteiger partial charge in [0, 0.05) is 6.54 Å². The first kappa shape index (κ1) is 15.4. The van der Waals surface area contributed by atoms with Crippen molar-refractivity contribution in [3.05, 3.63) is 30.4 Å². The molecule has 2 rings (SSSR count). The fourth-order valence-electron chi connectivity index (χ4n) is 2.26. The minimum absolute atomic E-state index is 0.124. The van der Waals surface area contributed by atoms with Crippen molar-refractivity contribution in [3.8, 4) is 11.5 Å². The number of amides is 1. The zero-order valence-corrected chi connectivity index (χ0v) is 12.5. The smallest absolute Gasteiger partial charge is 0.268 e. The second-order valence-corrected chi connectivity index (χ2v) is 4.95. The molecule has 1 N–H and O–H groups in total. The molecule has 21 heavy (non-hydrogen) atoms. The third-order valence-electron chi connectivity index (χ3n) is 3.25. The summed E-state index contributed by atoms with van der Waals surface area (Å²) in [5, 5.41) is 9.40. The highest BCUT2D eigenvalue weighted by Crippen LogP contribution is 2.43. The molecule has 1 aromatic carbocycles. The van der Waals surface area contributed by atoms with Crippen LogP contribution in [0.3, 0.4) is 0 Å². The Morgan fingerprint density at radius 2 is 2.29 bits per heavy atom. The van der Waals surface area contributed by atoms with Crippen LogP contribution >= 0.6 is 0 Å². The van der Waals surface area contributed by atoms with Crippen LogP contribution in [-0.2, 0) is 11.4 Å². The fraction of sp³-hybridized carbons (Fsp3) is 0.438. The lowest BCUT2D eigenvalue weighted by Gasteiger charge is -2.33. The van der Waals surface area contributed by atoms with E-state index in [0.29, 0.717) is 35.9 Å². The molecule has 1 aromatic rings. The van der Waals surface area contributed by atoms with Crippen molar-refractivity contribution in [1.29, 1.82) is 0 Å². The number of hydrogen-bond acceptors (Lipinski definition) is 4. The first-order valence-electron chi connectivity index (χ1n) is 7.11. The lowest BCUT2D eigenvalue weighted by molar-refractivity contribution is -0.125. The van der Waals surface area contributed by atoms with E-state index in [-0.39, 0.29) is 12.5 Å². The van der Waals surface area contributed by atoms with Gasteiger partial charge in [-0.3, -0.25) is 4.79 Å². The molecule has 1 aliphatic heterocycles. The van der Waals surface area contributed by atoms with Gasteiger partial charge in [0.2, 0.25) is 0 Å². The van der Waals surface area contributed by atoms with Gasteiger partial charge >= 0.3 is 0 Å². The summed E-state index contributed by atoms with van der Waals surface area (Å²) in [7, 11) is 0. The molecule has 0 radical (unpaired) electrons. The van der Waals surface area contributed by atoms with Gasteiger partial charge in [-0.25, -0.2) is 0 Å². The maximum atomic E-state index is 12.3. The van der Waals surface area contributed by atoms with Crippen molar-refractivity contribution in [2.45, 2.75) is 33.0 Å². The standard InChI is InChI=1S/C16H21NO4/c1-4-6-17-13-8-12(10-18)9-14(20-7-5-2)15(13)21-11(3)16(17)19/h4,8-9,11,18H,1,5-7,10H2,2-3H3. The molecule has 0 fully saturated rings. The molecule has 0 spiro atoms. The van der Waals surface area contributed by atoms with Gasteiger partial charge in [-0.2, -0.15) is 0 Å². The van der Waals surface area contributed by atoms with Crippen LogP contribution in [-0.4, -0.2) is 30.3 Å². The lowest BCUT2D eigenvalue weighted by atomic mass is 10.1. The maximum absolute atomic E-state index is 12.3. The number of anilines is 1. The Hall–Kier alpha value is -2.01. The summed E-state index contributed by atoms with van der Waals surface area (Å²) in [6.45, 7) is 8.23. The van der Waals surface area contributed by atoms with Gasteiger partial charge < -0.3 is 19.5 Å². The molecule has 0 aromatic heterocycles. The van der Waals surface area contributed by atoms with Gasteiger partial charge in [0.05, 0.1) is 18.9 Å². The molecule has 1 amide bonds. The van der Waals surface area contributed by atoms with Gasteiger partial charge in [-0.05, 0) is 31.0 Å². The predicted molar refractivity (Wildman–Crippen MR) is 80.8 cm³/mol. The highest BCUT2D eigenvalue weighted by Gasteiger charge is 2.33. The number of hydrogen-bond donors (Lipinski definition) is 1. The Balaban J connectivity index is 2.51. The van der Waals surface area contributed by atoms with Crippen molar-refractivity contribution in [3.63, 3.8) is 0 Å². The van der Waals surface area contributed by atoms with E-state index in [9.17, 15) is 9.90 Å². The summed E-state index contributed by atoms with van der Waals surface area (Å²) in [5.74, 6) is 0.986. The number of carbonyl (C=O) groups excluding carboxylic acids is 1. The largest absolute Gasteiger partial charge is 0.490 e. The van der Waals surface area contributed by atoms with Gasteiger partial charge in [-0.15, -0.1) is 6.58 Å². The lowest BCUT2D eigenvalue weighted by Crippen LogP contribution is -2.44. The first-order chi connectivity index (χ1) is 10.1. The van der Waals surface area contributed by atoms with Crippen molar-refractivity contribution in [2.24, 2.45) is 0 Å². The summed E-state index contributed by atoms with van der Waals surface area (Å²) in [4.78, 5) is 13.9. The monoisotopic (exact) mass is 291 g/mol. The number of aliphatic hydroxyl groups is 1. The summed E-state index contributed by atoms with van der Waals surface area (Å²) < 4.78 is 11.4. The number of aliphatic hydroxyl groups excluding tert-OH is 1. The summed E-state index contributed by atoms with van der Waals surface area (Å²) in [6, 6.07) is 3.50. The summed E-state index contributed by atoms with van der Waals surface area (Å²) in [5.41, 5.74) is 1.30. The van der Waals surface area contributed by atoms with Crippen LogP contribution in [0, 0.1) is 0 Å². The van der Waals surface area contributed by atoms with Gasteiger partial charge in [0.1, 0.15) is 0 Å². The van der Waals surface area contributed by atoms with E-state index in [0.717, 1.165) is 6.42 Å². The quantitative estimate of drug-likeness (QED) is 0.817. The number of benzene rings is 1. The van der Waals surface area contributed by atoms with Crippen LogP contribution in [0.25, 0.3) is 0 Å². The molecular formula is C16H21NO4. The molecule has 0 saturated heterocycles. The first-order valence-corrected chi connectivity index (χ1v) is 7.11. The molecular weight excluding hydrogens is 270 g/mol. The van der Waals surface area contributed by atoms with Crippen LogP contribution in [0.4, 0.5) is 5.69 Å². The molecule has 114 valence electrons. The topological polar surface area (TPSA) is 59.0 Å². The van der Waals surface area contributed by atoms with Crippen molar-refractivity contribution in [1.82, 2.24) is 0 Å². The van der Waals surface area contributed by atoms with Crippen LogP contribution in [0.1, 0.15) is 25.8 Å². The molecule has 0 bridgehead atoms. The molecule has 5 heteroatoms. The number of carbonyl (C=O) groups is 1. The van der Waals surface area contributed by atoms with Crippen LogP contribution in [0.15, 0.2) is 24.8 Å². The van der Waals surface area contributed by atoms with E-state index < -0.39 is 6.10 Å². The second-order valence-electron chi connectivity index (χ2n) is 4.95. The van der Waals surface area contributed by atoms with Gasteiger partial charge in [-0.1, -0.05) is 13.0 Å². The van der Waals surface area contributed by atoms with E-state index in [1.165, 1.54) is 0 Å². The van der Waals surface area contributed by atoms with Gasteiger partial charge in [0.25, 0.3) is 5.91 Å². The number of fused-ring (bicyclic) bond motifs is 1. The number of rotatable bonds is 6. The van der Waals surface area contributed by atoms with E-state index in [4.69, 9.17) is 9.47 Å². The zero-order chi connectivity index (χ0) is 15.4. The Kier molecular flexibility index (Phi) is 4.85. The Labute approximate surface area is 124 Å². The Bertz CT molecular complexity index is 541. The molecule has 1 heterocycles. The molecule has 1 unspecified atom stereocenters. The third kappa shape index (κ3) is 3.03. The second kappa shape index (κ2) is 6.63. The van der Waals surface area contributed by atoms with E-state index in [2.05, 4.69) is 6.58 Å². The highest BCUT2D eigenvalue weighted by molar-refractivity contribution is 6.00. The van der Waals surface area contributed by atoms with E-state index in [1.54, 1.807) is 30.0 Å². The molecule has 1 atom stereocenters. The fourth-order valence-corrected chi connectivity index (χ4v) is 2.26. The van der Waals surface area contributed by atoms with E-state index in [1.807, 2.05) is 6.92 Å². The average molecular weight is 291 g/mol. The SMILES string of the molecule is C=CCN1C(=O)C(C)Oc2c(OCCC)cc(CO)cc21. The van der Waals surface area contributed by atoms with Crippen LogP contribution in [0.5, 0.6) is 11.5 Å². The number of ether oxygens (including phenoxy) is 2. The van der Waals surface area contributed by atoms with E-state index >= 15 is 0 Å². The normalized spacial score (nSPS) is 17.2. The summed E-state index contributed by atoms with van der Waals surface area (Å²) in [6.07, 6.45) is 1.96.